The van der Waals surface area contributed by atoms with Crippen molar-refractivity contribution >= 4 is 46.8 Å². The quantitative estimate of drug-likeness (QED) is 0.536. The lowest BCUT2D eigenvalue weighted by atomic mass is 9.97. The Morgan fingerprint density at radius 2 is 1.78 bits per heavy atom. The average Bonchev–Trinajstić information content (AvgIpc) is 2.80. The standard InChI is InChI=1S/C25H28Cl2FN3O5/c1-25(2,3)36-24(34)31-13-17(29-22(32)14-35-18-9-10-19(27)20(28)12-18)8-11-21(31)23(33)30-16-6-4-15(26)5-7-16/h4-7,9-10,12,17,21H,8,11,13-14H2,1-3H3,(H,29,32)(H,30,33)/t17-,21+/m0/s1. The first kappa shape index (κ1) is 27.5. The summed E-state index contributed by atoms with van der Waals surface area (Å²) < 4.78 is 24.4. The van der Waals surface area contributed by atoms with E-state index < -0.39 is 35.5 Å². The van der Waals surface area contributed by atoms with Crippen LogP contribution < -0.4 is 15.4 Å². The predicted molar refractivity (Wildman–Crippen MR) is 135 cm³/mol. The molecular formula is C25H28Cl2FN3O5. The fourth-order valence-corrected chi connectivity index (χ4v) is 3.87. The van der Waals surface area contributed by atoms with Gasteiger partial charge in [0.05, 0.1) is 5.02 Å². The monoisotopic (exact) mass is 539 g/mol. The molecule has 0 radical (unpaired) electrons. The van der Waals surface area contributed by atoms with E-state index in [1.165, 1.54) is 17.0 Å². The van der Waals surface area contributed by atoms with E-state index >= 15 is 0 Å². The normalized spacial score (nSPS) is 17.8. The van der Waals surface area contributed by atoms with Crippen LogP contribution in [0.2, 0.25) is 10.0 Å². The van der Waals surface area contributed by atoms with Crippen LogP contribution in [0.1, 0.15) is 33.6 Å². The summed E-state index contributed by atoms with van der Waals surface area (Å²) >= 11 is 11.6. The summed E-state index contributed by atoms with van der Waals surface area (Å²) in [5.74, 6) is -1.33. The smallest absolute Gasteiger partial charge is 0.411 e. The summed E-state index contributed by atoms with van der Waals surface area (Å²) in [6.45, 7) is 4.90. The fraction of sp³-hybridized carbons (Fsp3) is 0.400. The maximum Gasteiger partial charge on any atom is 0.411 e. The molecule has 1 aliphatic rings. The highest BCUT2D eigenvalue weighted by Crippen LogP contribution is 2.24. The van der Waals surface area contributed by atoms with Gasteiger partial charge in [0.15, 0.2) is 6.61 Å². The predicted octanol–water partition coefficient (Wildman–Crippen LogP) is 5.03. The van der Waals surface area contributed by atoms with Gasteiger partial charge in [-0.1, -0.05) is 23.2 Å². The van der Waals surface area contributed by atoms with Crippen molar-refractivity contribution in [2.24, 2.45) is 0 Å². The van der Waals surface area contributed by atoms with Gasteiger partial charge in [0.1, 0.15) is 23.2 Å². The Kier molecular flexibility index (Phi) is 9.03. The van der Waals surface area contributed by atoms with Gasteiger partial charge in [0.25, 0.3) is 5.91 Å². The molecule has 0 saturated carbocycles. The van der Waals surface area contributed by atoms with Crippen LogP contribution in [0.25, 0.3) is 0 Å². The zero-order chi connectivity index (χ0) is 26.5. The average molecular weight is 540 g/mol. The van der Waals surface area contributed by atoms with Crippen molar-refractivity contribution in [3.63, 3.8) is 0 Å². The van der Waals surface area contributed by atoms with Crippen LogP contribution in [0.4, 0.5) is 14.9 Å². The largest absolute Gasteiger partial charge is 0.484 e. The summed E-state index contributed by atoms with van der Waals surface area (Å²) in [6.07, 6.45) is 0.0808. The van der Waals surface area contributed by atoms with Crippen LogP contribution in [-0.2, 0) is 14.3 Å². The summed E-state index contributed by atoms with van der Waals surface area (Å²) in [7, 11) is 0. The first-order chi connectivity index (χ1) is 16.9. The molecule has 2 aromatic carbocycles. The van der Waals surface area contributed by atoms with E-state index in [1.54, 1.807) is 45.0 Å². The van der Waals surface area contributed by atoms with E-state index in [-0.39, 0.29) is 29.8 Å². The van der Waals surface area contributed by atoms with Crippen molar-refractivity contribution in [3.8, 4) is 5.75 Å². The molecule has 2 atom stereocenters. The van der Waals surface area contributed by atoms with E-state index in [0.29, 0.717) is 23.6 Å². The van der Waals surface area contributed by atoms with Gasteiger partial charge >= 0.3 is 6.09 Å². The Morgan fingerprint density at radius 1 is 1.08 bits per heavy atom. The minimum Gasteiger partial charge on any atom is -0.484 e. The molecule has 0 bridgehead atoms. The number of nitrogens with one attached hydrogen (secondary N) is 2. The maximum atomic E-state index is 13.6. The van der Waals surface area contributed by atoms with Gasteiger partial charge in [0.2, 0.25) is 5.91 Å². The third kappa shape index (κ3) is 7.99. The number of likely N-dealkylation sites (tertiary alicyclic amines) is 1. The molecule has 36 heavy (non-hydrogen) atoms. The van der Waals surface area contributed by atoms with Crippen molar-refractivity contribution in [3.05, 3.63) is 58.3 Å². The molecule has 2 N–H and O–H groups in total. The number of hydrogen-bond donors (Lipinski definition) is 2. The lowest BCUT2D eigenvalue weighted by Crippen LogP contribution is -2.58. The molecule has 8 nitrogen and oxygen atoms in total. The molecule has 3 amide bonds. The van der Waals surface area contributed by atoms with E-state index in [0.717, 1.165) is 6.07 Å². The number of piperidine rings is 1. The minimum atomic E-state index is -0.794. The first-order valence-electron chi connectivity index (χ1n) is 11.3. The maximum absolute atomic E-state index is 13.6. The third-order valence-corrected chi connectivity index (χ3v) is 5.81. The van der Waals surface area contributed by atoms with Crippen molar-refractivity contribution in [1.82, 2.24) is 10.2 Å². The SMILES string of the molecule is CC(C)(C)OC(=O)N1C[C@@H](NC(=O)COc2ccc(Cl)c(F)c2)CC[C@@H]1C(=O)Nc1ccc(Cl)cc1. The van der Waals surface area contributed by atoms with Crippen LogP contribution in [0.5, 0.6) is 5.75 Å². The number of carbonyl (C=O) groups is 3. The van der Waals surface area contributed by atoms with Crippen molar-refractivity contribution < 1.29 is 28.2 Å². The van der Waals surface area contributed by atoms with E-state index in [9.17, 15) is 18.8 Å². The summed E-state index contributed by atoms with van der Waals surface area (Å²) in [5, 5.41) is 6.08. The van der Waals surface area contributed by atoms with Crippen LogP contribution in [-0.4, -0.2) is 53.6 Å². The van der Waals surface area contributed by atoms with Crippen molar-refractivity contribution in [1.29, 1.82) is 0 Å². The number of rotatable bonds is 6. The number of ether oxygens (including phenoxy) is 2. The molecule has 11 heteroatoms. The van der Waals surface area contributed by atoms with Gasteiger partial charge in [-0.3, -0.25) is 14.5 Å². The highest BCUT2D eigenvalue weighted by Gasteiger charge is 2.38. The van der Waals surface area contributed by atoms with Crippen molar-refractivity contribution in [2.75, 3.05) is 18.5 Å². The van der Waals surface area contributed by atoms with Gasteiger partial charge < -0.3 is 20.1 Å². The molecule has 1 heterocycles. The molecule has 1 aliphatic heterocycles. The van der Waals surface area contributed by atoms with Gasteiger partial charge in [-0.05, 0) is 70.0 Å². The Bertz CT molecular complexity index is 1110. The van der Waals surface area contributed by atoms with Crippen molar-refractivity contribution in [2.45, 2.75) is 51.3 Å². The van der Waals surface area contributed by atoms with Crippen LogP contribution >= 0.6 is 23.2 Å². The minimum absolute atomic E-state index is 0.0501. The zero-order valence-corrected chi connectivity index (χ0v) is 21.7. The number of amides is 3. The van der Waals surface area contributed by atoms with E-state index in [1.807, 2.05) is 0 Å². The van der Waals surface area contributed by atoms with E-state index in [4.69, 9.17) is 32.7 Å². The summed E-state index contributed by atoms with van der Waals surface area (Å²) in [4.78, 5) is 39.7. The molecule has 0 aromatic heterocycles. The fourth-order valence-electron chi connectivity index (χ4n) is 3.63. The number of benzene rings is 2. The third-order valence-electron chi connectivity index (χ3n) is 5.25. The molecule has 194 valence electrons. The molecule has 0 aliphatic carbocycles. The zero-order valence-electron chi connectivity index (χ0n) is 20.1. The topological polar surface area (TPSA) is 97.0 Å². The number of carbonyl (C=O) groups excluding carboxylic acids is 3. The molecule has 2 aromatic rings. The second-order valence-corrected chi connectivity index (χ2v) is 10.2. The lowest BCUT2D eigenvalue weighted by Gasteiger charge is -2.39. The molecule has 1 fully saturated rings. The Hall–Kier alpha value is -3.04. The van der Waals surface area contributed by atoms with Crippen LogP contribution in [0.15, 0.2) is 42.5 Å². The lowest BCUT2D eigenvalue weighted by molar-refractivity contribution is -0.125. The number of nitrogens with zero attached hydrogens (tertiary/aromatic N) is 1. The highest BCUT2D eigenvalue weighted by atomic mass is 35.5. The number of hydrogen-bond acceptors (Lipinski definition) is 5. The second kappa shape index (κ2) is 11.8. The van der Waals surface area contributed by atoms with Gasteiger partial charge in [-0.2, -0.15) is 0 Å². The van der Waals surface area contributed by atoms with Gasteiger partial charge in [0, 0.05) is 29.4 Å². The molecule has 3 rings (SSSR count). The summed E-state index contributed by atoms with van der Waals surface area (Å²) in [6, 6.07) is 9.27. The Balaban J connectivity index is 1.64. The summed E-state index contributed by atoms with van der Waals surface area (Å²) in [5.41, 5.74) is -0.230. The van der Waals surface area contributed by atoms with Crippen LogP contribution in [0.3, 0.4) is 0 Å². The van der Waals surface area contributed by atoms with Crippen LogP contribution in [0, 0.1) is 5.82 Å². The number of halogens is 3. The molecule has 0 spiro atoms. The highest BCUT2D eigenvalue weighted by molar-refractivity contribution is 6.31. The number of anilines is 1. The molecule has 1 saturated heterocycles. The Labute approximate surface area is 219 Å². The van der Waals surface area contributed by atoms with E-state index in [2.05, 4.69) is 10.6 Å². The molecule has 0 unspecified atom stereocenters. The van der Waals surface area contributed by atoms with Gasteiger partial charge in [-0.15, -0.1) is 0 Å². The first-order valence-corrected chi connectivity index (χ1v) is 12.1. The second-order valence-electron chi connectivity index (χ2n) is 9.35. The van der Waals surface area contributed by atoms with Gasteiger partial charge in [-0.25, -0.2) is 9.18 Å². The molecular weight excluding hydrogens is 512 g/mol. The Morgan fingerprint density at radius 3 is 2.42 bits per heavy atom.